The zero-order valence-electron chi connectivity index (χ0n) is 15.0. The third kappa shape index (κ3) is 3.16. The standard InChI is InChI=1S/C19H32N2O/c1-7-21(8-2)12-16-17(20)15-11-9-10-14(13(3)4)18(15)22-19(16,5)6/h9-11,13,16-17H,7-8,12,20H2,1-6H3. The van der Waals surface area contributed by atoms with Crippen LogP contribution in [0.25, 0.3) is 0 Å². The molecule has 2 N–H and O–H groups in total. The van der Waals surface area contributed by atoms with Crippen molar-refractivity contribution in [2.24, 2.45) is 11.7 Å². The highest BCUT2D eigenvalue weighted by atomic mass is 16.5. The Kier molecular flexibility index (Phi) is 5.18. The molecule has 1 aromatic rings. The lowest BCUT2D eigenvalue weighted by Crippen LogP contribution is -2.52. The van der Waals surface area contributed by atoms with Crippen LogP contribution in [0.3, 0.4) is 0 Å². The SMILES string of the molecule is CCN(CC)CC1C(N)c2cccc(C(C)C)c2OC1(C)C. The molecule has 0 aliphatic carbocycles. The fraction of sp³-hybridized carbons (Fsp3) is 0.684. The van der Waals surface area contributed by atoms with Crippen LogP contribution in [0.4, 0.5) is 0 Å². The van der Waals surface area contributed by atoms with Crippen LogP contribution in [0, 0.1) is 5.92 Å². The minimum absolute atomic E-state index is 0.0260. The molecule has 3 heteroatoms. The van der Waals surface area contributed by atoms with E-state index in [0.717, 1.165) is 25.4 Å². The molecule has 0 amide bonds. The van der Waals surface area contributed by atoms with Crippen molar-refractivity contribution in [3.05, 3.63) is 29.3 Å². The van der Waals surface area contributed by atoms with Gasteiger partial charge in [0.1, 0.15) is 11.4 Å². The van der Waals surface area contributed by atoms with E-state index in [2.05, 4.69) is 64.6 Å². The van der Waals surface area contributed by atoms with E-state index in [0.29, 0.717) is 11.8 Å². The van der Waals surface area contributed by atoms with Gasteiger partial charge in [0.15, 0.2) is 0 Å². The number of para-hydroxylation sites is 1. The quantitative estimate of drug-likeness (QED) is 0.895. The summed E-state index contributed by atoms with van der Waals surface area (Å²) in [7, 11) is 0. The predicted octanol–water partition coefficient (Wildman–Crippen LogP) is 3.94. The van der Waals surface area contributed by atoms with Gasteiger partial charge in [-0.1, -0.05) is 45.9 Å². The van der Waals surface area contributed by atoms with E-state index in [1.807, 2.05) is 0 Å². The Morgan fingerprint density at radius 2 is 1.86 bits per heavy atom. The van der Waals surface area contributed by atoms with E-state index in [4.69, 9.17) is 10.5 Å². The molecule has 2 atom stereocenters. The summed E-state index contributed by atoms with van der Waals surface area (Å²) in [6.45, 7) is 16.3. The van der Waals surface area contributed by atoms with E-state index in [1.54, 1.807) is 0 Å². The molecule has 1 aromatic carbocycles. The summed E-state index contributed by atoms with van der Waals surface area (Å²) in [6.07, 6.45) is 0. The van der Waals surface area contributed by atoms with Gasteiger partial charge in [0.2, 0.25) is 0 Å². The third-order valence-electron chi connectivity index (χ3n) is 5.10. The van der Waals surface area contributed by atoms with Crippen molar-refractivity contribution in [2.75, 3.05) is 19.6 Å². The van der Waals surface area contributed by atoms with E-state index in [1.165, 1.54) is 11.1 Å². The number of ether oxygens (including phenoxy) is 1. The Morgan fingerprint density at radius 3 is 2.41 bits per heavy atom. The Bertz CT molecular complexity index is 506. The average Bonchev–Trinajstić information content (AvgIpc) is 2.46. The molecule has 0 saturated heterocycles. The number of benzene rings is 1. The van der Waals surface area contributed by atoms with Crippen molar-refractivity contribution in [3.63, 3.8) is 0 Å². The van der Waals surface area contributed by atoms with Crippen LogP contribution in [0.1, 0.15) is 64.6 Å². The lowest BCUT2D eigenvalue weighted by molar-refractivity contribution is -0.00631. The lowest BCUT2D eigenvalue weighted by Gasteiger charge is -2.46. The molecule has 0 radical (unpaired) electrons. The van der Waals surface area contributed by atoms with Crippen molar-refractivity contribution in [1.29, 1.82) is 0 Å². The molecule has 0 saturated carbocycles. The summed E-state index contributed by atoms with van der Waals surface area (Å²) >= 11 is 0. The third-order valence-corrected chi connectivity index (χ3v) is 5.10. The van der Waals surface area contributed by atoms with Gasteiger partial charge in [-0.05, 0) is 38.4 Å². The maximum Gasteiger partial charge on any atom is 0.128 e. The smallest absolute Gasteiger partial charge is 0.128 e. The number of hydrogen-bond acceptors (Lipinski definition) is 3. The Balaban J connectivity index is 2.40. The van der Waals surface area contributed by atoms with Crippen molar-refractivity contribution >= 4 is 0 Å². The second-order valence-electron chi connectivity index (χ2n) is 7.24. The molecule has 1 heterocycles. The van der Waals surface area contributed by atoms with Crippen molar-refractivity contribution in [2.45, 2.75) is 59.1 Å². The number of rotatable bonds is 5. The second-order valence-corrected chi connectivity index (χ2v) is 7.24. The van der Waals surface area contributed by atoms with E-state index in [9.17, 15) is 0 Å². The molecule has 22 heavy (non-hydrogen) atoms. The van der Waals surface area contributed by atoms with Gasteiger partial charge in [-0.2, -0.15) is 0 Å². The Morgan fingerprint density at radius 1 is 1.23 bits per heavy atom. The van der Waals surface area contributed by atoms with Crippen molar-refractivity contribution in [1.82, 2.24) is 4.90 Å². The first-order chi connectivity index (χ1) is 10.3. The first kappa shape index (κ1) is 17.3. The fourth-order valence-electron chi connectivity index (χ4n) is 3.49. The normalized spacial score (nSPS) is 23.5. The maximum absolute atomic E-state index is 6.69. The average molecular weight is 304 g/mol. The highest BCUT2D eigenvalue weighted by molar-refractivity contribution is 5.47. The van der Waals surface area contributed by atoms with Crippen LogP contribution in [-0.4, -0.2) is 30.1 Å². The molecule has 0 fully saturated rings. The topological polar surface area (TPSA) is 38.5 Å². The zero-order chi connectivity index (χ0) is 16.5. The van der Waals surface area contributed by atoms with E-state index < -0.39 is 0 Å². The fourth-order valence-corrected chi connectivity index (χ4v) is 3.49. The zero-order valence-corrected chi connectivity index (χ0v) is 15.0. The van der Waals surface area contributed by atoms with Crippen LogP contribution < -0.4 is 10.5 Å². The summed E-state index contributed by atoms with van der Waals surface area (Å²) in [4.78, 5) is 2.44. The summed E-state index contributed by atoms with van der Waals surface area (Å²) in [6, 6.07) is 6.44. The Labute approximate surface area is 135 Å². The number of hydrogen-bond donors (Lipinski definition) is 1. The molecule has 2 unspecified atom stereocenters. The van der Waals surface area contributed by atoms with Crippen LogP contribution in [0.2, 0.25) is 0 Å². The summed E-state index contributed by atoms with van der Waals surface area (Å²) in [5.74, 6) is 1.75. The second kappa shape index (κ2) is 6.59. The highest BCUT2D eigenvalue weighted by Gasteiger charge is 2.43. The van der Waals surface area contributed by atoms with E-state index in [-0.39, 0.29) is 11.6 Å². The van der Waals surface area contributed by atoms with Crippen LogP contribution >= 0.6 is 0 Å². The van der Waals surface area contributed by atoms with Crippen LogP contribution in [0.5, 0.6) is 5.75 Å². The molecule has 3 nitrogen and oxygen atoms in total. The number of fused-ring (bicyclic) bond motifs is 1. The van der Waals surface area contributed by atoms with Gasteiger partial charge in [0.25, 0.3) is 0 Å². The van der Waals surface area contributed by atoms with E-state index >= 15 is 0 Å². The van der Waals surface area contributed by atoms with Gasteiger partial charge in [-0.25, -0.2) is 0 Å². The van der Waals surface area contributed by atoms with Gasteiger partial charge in [-0.3, -0.25) is 0 Å². The van der Waals surface area contributed by atoms with Crippen molar-refractivity contribution < 1.29 is 4.74 Å². The lowest BCUT2D eigenvalue weighted by atomic mass is 9.77. The van der Waals surface area contributed by atoms with Crippen LogP contribution in [-0.2, 0) is 0 Å². The first-order valence-electron chi connectivity index (χ1n) is 8.61. The van der Waals surface area contributed by atoms with Gasteiger partial charge < -0.3 is 15.4 Å². The van der Waals surface area contributed by atoms with Gasteiger partial charge >= 0.3 is 0 Å². The minimum atomic E-state index is -0.250. The molecule has 0 bridgehead atoms. The van der Waals surface area contributed by atoms with Gasteiger partial charge in [0.05, 0.1) is 0 Å². The summed E-state index contributed by atoms with van der Waals surface area (Å²) in [5, 5.41) is 0. The monoisotopic (exact) mass is 304 g/mol. The molecule has 2 rings (SSSR count). The maximum atomic E-state index is 6.69. The van der Waals surface area contributed by atoms with Crippen LogP contribution in [0.15, 0.2) is 18.2 Å². The summed E-state index contributed by atoms with van der Waals surface area (Å²) < 4.78 is 6.48. The molecular weight excluding hydrogens is 272 g/mol. The van der Waals surface area contributed by atoms with Crippen molar-refractivity contribution in [3.8, 4) is 5.75 Å². The Hall–Kier alpha value is -1.06. The molecule has 0 spiro atoms. The number of nitrogens with zero attached hydrogens (tertiary/aromatic N) is 1. The minimum Gasteiger partial charge on any atom is -0.487 e. The molecule has 1 aliphatic rings. The first-order valence-corrected chi connectivity index (χ1v) is 8.61. The number of nitrogens with two attached hydrogens (primary N) is 1. The molecular formula is C19H32N2O. The molecule has 1 aliphatic heterocycles. The highest BCUT2D eigenvalue weighted by Crippen LogP contribution is 2.45. The predicted molar refractivity (Wildman–Crippen MR) is 93.4 cm³/mol. The van der Waals surface area contributed by atoms with Gasteiger partial charge in [-0.15, -0.1) is 0 Å². The van der Waals surface area contributed by atoms with Gasteiger partial charge in [0, 0.05) is 24.1 Å². The largest absolute Gasteiger partial charge is 0.487 e. The summed E-state index contributed by atoms with van der Waals surface area (Å²) in [5.41, 5.74) is 8.87. The molecule has 0 aromatic heterocycles. The molecule has 124 valence electrons.